The molecule has 2 amide bonds. The van der Waals surface area contributed by atoms with Crippen LogP contribution in [-0.2, 0) is 9.59 Å². The second-order valence-electron chi connectivity index (χ2n) is 5.71. The largest absolute Gasteiger partial charge is 0.495 e. The third-order valence-electron chi connectivity index (χ3n) is 3.55. The summed E-state index contributed by atoms with van der Waals surface area (Å²) in [6.07, 6.45) is 4.35. The molecule has 0 heterocycles. The van der Waals surface area contributed by atoms with Gasteiger partial charge in [-0.3, -0.25) is 9.59 Å². The maximum atomic E-state index is 12.2. The topological polar surface area (TPSA) is 67.4 Å². The molecule has 0 bridgehead atoms. The van der Waals surface area contributed by atoms with Crippen LogP contribution >= 0.6 is 31.9 Å². The Morgan fingerprint density at radius 3 is 2.48 bits per heavy atom. The Kier molecular flexibility index (Phi) is 8.06. The lowest BCUT2D eigenvalue weighted by Crippen LogP contribution is -2.12. The van der Waals surface area contributed by atoms with Gasteiger partial charge in [0.2, 0.25) is 11.8 Å². The molecule has 0 atom stereocenters. The van der Waals surface area contributed by atoms with Crippen LogP contribution in [0, 0.1) is 0 Å². The molecule has 2 aromatic rings. The van der Waals surface area contributed by atoms with Gasteiger partial charge in [0.1, 0.15) is 5.75 Å². The fourth-order valence-electron chi connectivity index (χ4n) is 2.39. The first-order valence-electron chi connectivity index (χ1n) is 8.35. The number of ether oxygens (including phenoxy) is 1. The van der Waals surface area contributed by atoms with E-state index in [4.69, 9.17) is 4.74 Å². The fourth-order valence-corrected chi connectivity index (χ4v) is 3.81. The lowest BCUT2D eigenvalue weighted by atomic mass is 10.2. The molecule has 0 spiro atoms. The standard InChI is InChI=1S/C20H20Br2N2O3/c1-3-5-18(25)23-15-6-4-7-16(12-15)24-19(26)9-8-13-10-14(21)11-17(22)20(13)27-2/h4,6-12H,3,5H2,1-2H3,(H,23,25)(H,24,26)/b9-8+. The predicted molar refractivity (Wildman–Crippen MR) is 116 cm³/mol. The molecule has 0 saturated heterocycles. The highest BCUT2D eigenvalue weighted by molar-refractivity contribution is 9.11. The molecule has 0 aliphatic heterocycles. The molecule has 0 saturated carbocycles. The predicted octanol–water partition coefficient (Wildman–Crippen LogP) is 5.61. The SMILES string of the molecule is CCCC(=O)Nc1cccc(NC(=O)/C=C/c2cc(Br)cc(Br)c2OC)c1. The van der Waals surface area contributed by atoms with E-state index in [0.29, 0.717) is 23.5 Å². The minimum absolute atomic E-state index is 0.0480. The number of rotatable bonds is 7. The molecule has 0 fully saturated rings. The Balaban J connectivity index is 2.08. The van der Waals surface area contributed by atoms with E-state index in [9.17, 15) is 9.59 Å². The first-order valence-corrected chi connectivity index (χ1v) is 9.93. The van der Waals surface area contributed by atoms with Gasteiger partial charge in [-0.05, 0) is 58.8 Å². The van der Waals surface area contributed by atoms with Crippen LogP contribution < -0.4 is 15.4 Å². The first-order chi connectivity index (χ1) is 12.9. The molecule has 27 heavy (non-hydrogen) atoms. The molecule has 0 aliphatic carbocycles. The Morgan fingerprint density at radius 2 is 1.81 bits per heavy atom. The second-order valence-corrected chi connectivity index (χ2v) is 7.48. The minimum Gasteiger partial charge on any atom is -0.495 e. The first kappa shape index (κ1) is 21.2. The molecule has 7 heteroatoms. The highest BCUT2D eigenvalue weighted by Crippen LogP contribution is 2.33. The molecule has 2 N–H and O–H groups in total. The Hall–Kier alpha value is -2.12. The number of carbonyl (C=O) groups is 2. The average molecular weight is 496 g/mol. The summed E-state index contributed by atoms with van der Waals surface area (Å²) in [5.41, 5.74) is 2.00. The fraction of sp³-hybridized carbons (Fsp3) is 0.200. The quantitative estimate of drug-likeness (QED) is 0.490. The summed E-state index contributed by atoms with van der Waals surface area (Å²) in [5, 5.41) is 5.59. The number of hydrogen-bond donors (Lipinski definition) is 2. The second kappa shape index (κ2) is 10.3. The van der Waals surface area contributed by atoms with Crippen molar-refractivity contribution in [3.8, 4) is 5.75 Å². The van der Waals surface area contributed by atoms with Crippen LogP contribution in [-0.4, -0.2) is 18.9 Å². The van der Waals surface area contributed by atoms with Gasteiger partial charge >= 0.3 is 0 Å². The van der Waals surface area contributed by atoms with Gasteiger partial charge in [0.25, 0.3) is 0 Å². The van der Waals surface area contributed by atoms with E-state index in [2.05, 4.69) is 42.5 Å². The molecule has 0 aliphatic rings. The van der Waals surface area contributed by atoms with Crippen LogP contribution in [0.5, 0.6) is 5.75 Å². The van der Waals surface area contributed by atoms with Gasteiger partial charge < -0.3 is 15.4 Å². The highest BCUT2D eigenvalue weighted by atomic mass is 79.9. The number of amides is 2. The van der Waals surface area contributed by atoms with Crippen molar-refractivity contribution in [1.29, 1.82) is 0 Å². The number of hydrogen-bond acceptors (Lipinski definition) is 3. The lowest BCUT2D eigenvalue weighted by molar-refractivity contribution is -0.116. The zero-order chi connectivity index (χ0) is 19.8. The van der Waals surface area contributed by atoms with Gasteiger partial charge in [0.05, 0.1) is 11.6 Å². The molecular weight excluding hydrogens is 476 g/mol. The van der Waals surface area contributed by atoms with Crippen molar-refractivity contribution >= 4 is 61.1 Å². The van der Waals surface area contributed by atoms with Gasteiger partial charge in [-0.25, -0.2) is 0 Å². The van der Waals surface area contributed by atoms with Crippen molar-refractivity contribution in [3.63, 3.8) is 0 Å². The van der Waals surface area contributed by atoms with Gasteiger partial charge in [0, 0.05) is 33.9 Å². The third-order valence-corrected chi connectivity index (χ3v) is 4.59. The summed E-state index contributed by atoms with van der Waals surface area (Å²) in [5.74, 6) is 0.307. The maximum Gasteiger partial charge on any atom is 0.248 e. The zero-order valence-corrected chi connectivity index (χ0v) is 18.2. The van der Waals surface area contributed by atoms with Gasteiger partial charge in [-0.15, -0.1) is 0 Å². The smallest absolute Gasteiger partial charge is 0.248 e. The van der Waals surface area contributed by atoms with Crippen molar-refractivity contribution < 1.29 is 14.3 Å². The summed E-state index contributed by atoms with van der Waals surface area (Å²) >= 11 is 6.85. The van der Waals surface area contributed by atoms with Gasteiger partial charge in [-0.1, -0.05) is 28.9 Å². The van der Waals surface area contributed by atoms with Crippen LogP contribution in [0.1, 0.15) is 25.3 Å². The summed E-state index contributed by atoms with van der Waals surface area (Å²) < 4.78 is 7.02. The Morgan fingerprint density at radius 1 is 1.11 bits per heavy atom. The minimum atomic E-state index is -0.287. The zero-order valence-electron chi connectivity index (χ0n) is 15.0. The molecule has 2 aromatic carbocycles. The Bertz CT molecular complexity index is 866. The van der Waals surface area contributed by atoms with E-state index < -0.39 is 0 Å². The van der Waals surface area contributed by atoms with Crippen molar-refractivity contribution in [2.24, 2.45) is 0 Å². The van der Waals surface area contributed by atoms with E-state index in [1.54, 1.807) is 37.5 Å². The van der Waals surface area contributed by atoms with Crippen LogP contribution in [0.15, 0.2) is 51.4 Å². The van der Waals surface area contributed by atoms with Crippen molar-refractivity contribution in [1.82, 2.24) is 0 Å². The van der Waals surface area contributed by atoms with Crippen LogP contribution in [0.4, 0.5) is 11.4 Å². The van der Waals surface area contributed by atoms with Gasteiger partial charge in [-0.2, -0.15) is 0 Å². The van der Waals surface area contributed by atoms with E-state index in [1.807, 2.05) is 19.1 Å². The van der Waals surface area contributed by atoms with Crippen molar-refractivity contribution in [2.45, 2.75) is 19.8 Å². The summed E-state index contributed by atoms with van der Waals surface area (Å²) in [6.45, 7) is 1.95. The van der Waals surface area contributed by atoms with E-state index in [-0.39, 0.29) is 11.8 Å². The number of nitrogens with one attached hydrogen (secondary N) is 2. The molecular formula is C20H20Br2N2O3. The molecule has 2 rings (SSSR count). The Labute approximate surface area is 175 Å². The maximum absolute atomic E-state index is 12.2. The number of carbonyl (C=O) groups excluding carboxylic acids is 2. The summed E-state index contributed by atoms with van der Waals surface area (Å²) in [6, 6.07) is 10.8. The van der Waals surface area contributed by atoms with Crippen LogP contribution in [0.2, 0.25) is 0 Å². The van der Waals surface area contributed by atoms with E-state index in [0.717, 1.165) is 20.9 Å². The molecule has 0 aromatic heterocycles. The van der Waals surface area contributed by atoms with Crippen molar-refractivity contribution in [3.05, 3.63) is 57.0 Å². The summed E-state index contributed by atoms with van der Waals surface area (Å²) in [4.78, 5) is 23.9. The molecule has 0 unspecified atom stereocenters. The molecule has 5 nitrogen and oxygen atoms in total. The van der Waals surface area contributed by atoms with E-state index >= 15 is 0 Å². The third kappa shape index (κ3) is 6.52. The molecule has 0 radical (unpaired) electrons. The number of benzene rings is 2. The van der Waals surface area contributed by atoms with Crippen LogP contribution in [0.25, 0.3) is 6.08 Å². The van der Waals surface area contributed by atoms with Crippen molar-refractivity contribution in [2.75, 3.05) is 17.7 Å². The van der Waals surface area contributed by atoms with Crippen LogP contribution in [0.3, 0.4) is 0 Å². The lowest BCUT2D eigenvalue weighted by Gasteiger charge is -2.09. The number of anilines is 2. The summed E-state index contributed by atoms with van der Waals surface area (Å²) in [7, 11) is 1.57. The average Bonchev–Trinajstić information content (AvgIpc) is 2.60. The van der Waals surface area contributed by atoms with Gasteiger partial charge in [0.15, 0.2) is 0 Å². The highest BCUT2D eigenvalue weighted by Gasteiger charge is 2.08. The number of methoxy groups -OCH3 is 1. The number of halogens is 2. The normalized spacial score (nSPS) is 10.7. The monoisotopic (exact) mass is 494 g/mol. The van der Waals surface area contributed by atoms with E-state index in [1.165, 1.54) is 6.08 Å². The molecule has 142 valence electrons.